The fourth-order valence-corrected chi connectivity index (χ4v) is 2.67. The molecule has 0 radical (unpaired) electrons. The molecule has 2 N–H and O–H groups in total. The minimum atomic E-state index is -4.37. The molecular formula is C22H28F3N3O3. The van der Waals surface area contributed by atoms with Gasteiger partial charge < -0.3 is 24.8 Å². The second-order valence-electron chi connectivity index (χ2n) is 6.78. The molecule has 0 aliphatic carbocycles. The Labute approximate surface area is 180 Å². The quantitative estimate of drug-likeness (QED) is 0.335. The first-order chi connectivity index (χ1) is 14.8. The molecule has 0 aromatic heterocycles. The van der Waals surface area contributed by atoms with Crippen LogP contribution in [0.5, 0.6) is 11.5 Å². The topological polar surface area (TPSA) is 64.1 Å². The average molecular weight is 439 g/mol. The van der Waals surface area contributed by atoms with Crippen LogP contribution in [0.25, 0.3) is 0 Å². The Hall–Kier alpha value is -2.94. The number of benzene rings is 2. The lowest BCUT2D eigenvalue weighted by atomic mass is 10.1. The number of nitrogens with one attached hydrogen (secondary N) is 2. The molecule has 0 atom stereocenters. The summed E-state index contributed by atoms with van der Waals surface area (Å²) in [7, 11) is 3.26. The van der Waals surface area contributed by atoms with E-state index in [1.54, 1.807) is 32.4 Å². The molecule has 2 aromatic rings. The number of ether oxygens (including phenoxy) is 3. The summed E-state index contributed by atoms with van der Waals surface area (Å²) in [6.07, 6.45) is -4.37. The number of halogens is 3. The van der Waals surface area contributed by atoms with Crippen molar-refractivity contribution in [3.8, 4) is 11.5 Å². The van der Waals surface area contributed by atoms with Gasteiger partial charge in [0.15, 0.2) is 12.6 Å². The number of rotatable bonds is 10. The third-order valence-corrected chi connectivity index (χ3v) is 4.20. The van der Waals surface area contributed by atoms with Gasteiger partial charge in [0, 0.05) is 32.8 Å². The lowest BCUT2D eigenvalue weighted by Gasteiger charge is -2.16. The fourth-order valence-electron chi connectivity index (χ4n) is 2.67. The van der Waals surface area contributed by atoms with Crippen LogP contribution in [-0.2, 0) is 17.8 Å². The van der Waals surface area contributed by atoms with Gasteiger partial charge in [0.1, 0.15) is 18.1 Å². The largest absolute Gasteiger partial charge is 0.491 e. The number of hydrogen-bond donors (Lipinski definition) is 2. The Kier molecular flexibility index (Phi) is 9.45. The van der Waals surface area contributed by atoms with Crippen LogP contribution >= 0.6 is 0 Å². The molecule has 0 unspecified atom stereocenters. The van der Waals surface area contributed by atoms with Crippen molar-refractivity contribution in [1.29, 1.82) is 0 Å². The van der Waals surface area contributed by atoms with E-state index in [1.807, 2.05) is 25.1 Å². The molecule has 9 heteroatoms. The Morgan fingerprint density at radius 1 is 1.00 bits per heavy atom. The van der Waals surface area contributed by atoms with Crippen LogP contribution in [0.15, 0.2) is 47.5 Å². The van der Waals surface area contributed by atoms with Gasteiger partial charge in [-0.2, -0.15) is 13.2 Å². The molecule has 6 nitrogen and oxygen atoms in total. The van der Waals surface area contributed by atoms with E-state index in [0.717, 1.165) is 22.4 Å². The molecule has 0 saturated heterocycles. The molecule has 170 valence electrons. The molecule has 0 spiro atoms. The number of aliphatic imine (C=N–C) groups is 1. The van der Waals surface area contributed by atoms with Crippen molar-refractivity contribution in [1.82, 2.24) is 10.6 Å². The van der Waals surface area contributed by atoms with Crippen molar-refractivity contribution in [2.24, 2.45) is 4.99 Å². The highest BCUT2D eigenvalue weighted by molar-refractivity contribution is 5.79. The smallest absolute Gasteiger partial charge is 0.422 e. The minimum Gasteiger partial charge on any atom is -0.491 e. The summed E-state index contributed by atoms with van der Waals surface area (Å²) in [4.78, 5) is 4.19. The van der Waals surface area contributed by atoms with Gasteiger partial charge in [-0.15, -0.1) is 0 Å². The van der Waals surface area contributed by atoms with E-state index >= 15 is 0 Å². The van der Waals surface area contributed by atoms with E-state index in [9.17, 15) is 13.2 Å². The van der Waals surface area contributed by atoms with Crippen molar-refractivity contribution in [3.05, 3.63) is 59.2 Å². The van der Waals surface area contributed by atoms with Gasteiger partial charge in [0.2, 0.25) is 0 Å². The molecule has 0 aliphatic rings. The molecule has 31 heavy (non-hydrogen) atoms. The Morgan fingerprint density at radius 2 is 1.77 bits per heavy atom. The van der Waals surface area contributed by atoms with Gasteiger partial charge in [-0.3, -0.25) is 4.99 Å². The van der Waals surface area contributed by atoms with Crippen LogP contribution in [0, 0.1) is 6.92 Å². The highest BCUT2D eigenvalue weighted by atomic mass is 19.4. The van der Waals surface area contributed by atoms with Crippen molar-refractivity contribution in [2.75, 3.05) is 34.0 Å². The van der Waals surface area contributed by atoms with Gasteiger partial charge in [-0.25, -0.2) is 0 Å². The zero-order valence-electron chi connectivity index (χ0n) is 17.9. The summed E-state index contributed by atoms with van der Waals surface area (Å²) in [5.74, 6) is 1.48. The Morgan fingerprint density at radius 3 is 2.48 bits per heavy atom. The highest BCUT2D eigenvalue weighted by Gasteiger charge is 2.28. The first-order valence-corrected chi connectivity index (χ1v) is 9.75. The van der Waals surface area contributed by atoms with Gasteiger partial charge >= 0.3 is 6.18 Å². The Bertz CT molecular complexity index is 857. The first kappa shape index (κ1) is 24.3. The lowest BCUT2D eigenvalue weighted by molar-refractivity contribution is -0.153. The van der Waals surface area contributed by atoms with Crippen LogP contribution in [0.4, 0.5) is 13.2 Å². The van der Waals surface area contributed by atoms with Crippen LogP contribution in [0.3, 0.4) is 0 Å². The maximum absolute atomic E-state index is 12.3. The van der Waals surface area contributed by atoms with Crippen LogP contribution in [-0.4, -0.2) is 46.1 Å². The van der Waals surface area contributed by atoms with Crippen molar-refractivity contribution in [3.63, 3.8) is 0 Å². The van der Waals surface area contributed by atoms with E-state index in [2.05, 4.69) is 15.6 Å². The maximum atomic E-state index is 12.3. The van der Waals surface area contributed by atoms with Crippen LogP contribution in [0.1, 0.15) is 16.7 Å². The number of aryl methyl sites for hydroxylation is 1. The molecule has 0 fully saturated rings. The highest BCUT2D eigenvalue weighted by Crippen LogP contribution is 2.21. The Balaban J connectivity index is 1.91. The second kappa shape index (κ2) is 12.0. The summed E-state index contributed by atoms with van der Waals surface area (Å²) >= 11 is 0. The van der Waals surface area contributed by atoms with E-state index < -0.39 is 12.8 Å². The van der Waals surface area contributed by atoms with Crippen LogP contribution in [0.2, 0.25) is 0 Å². The third-order valence-electron chi connectivity index (χ3n) is 4.20. The molecule has 2 rings (SSSR count). The molecule has 0 aliphatic heterocycles. The van der Waals surface area contributed by atoms with E-state index in [0.29, 0.717) is 32.3 Å². The van der Waals surface area contributed by atoms with Gasteiger partial charge in [-0.1, -0.05) is 24.3 Å². The summed E-state index contributed by atoms with van der Waals surface area (Å²) < 4.78 is 52.6. The SMILES string of the molecule is CN=C(NCc1cccc(OCC(F)(F)F)c1)NCc1ccc(C)cc1OCCOC. The molecule has 0 saturated carbocycles. The molecule has 0 bridgehead atoms. The van der Waals surface area contributed by atoms with E-state index in [-0.39, 0.29) is 5.75 Å². The van der Waals surface area contributed by atoms with Crippen molar-refractivity contribution < 1.29 is 27.4 Å². The number of hydrogen-bond acceptors (Lipinski definition) is 4. The van der Waals surface area contributed by atoms with Crippen molar-refractivity contribution in [2.45, 2.75) is 26.2 Å². The number of guanidine groups is 1. The van der Waals surface area contributed by atoms with E-state index in [1.165, 1.54) is 6.07 Å². The molecule has 0 heterocycles. The first-order valence-electron chi connectivity index (χ1n) is 9.75. The third kappa shape index (κ3) is 9.17. The normalized spacial score (nSPS) is 11.9. The van der Waals surface area contributed by atoms with Crippen LogP contribution < -0.4 is 20.1 Å². The predicted molar refractivity (Wildman–Crippen MR) is 114 cm³/mol. The van der Waals surface area contributed by atoms with E-state index in [4.69, 9.17) is 14.2 Å². The predicted octanol–water partition coefficient (Wildman–Crippen LogP) is 3.83. The second-order valence-corrected chi connectivity index (χ2v) is 6.78. The lowest BCUT2D eigenvalue weighted by Crippen LogP contribution is -2.36. The van der Waals surface area contributed by atoms with Crippen molar-refractivity contribution >= 4 is 5.96 Å². The fraction of sp³-hybridized carbons (Fsp3) is 0.409. The van der Waals surface area contributed by atoms with Gasteiger partial charge in [0.05, 0.1) is 6.61 Å². The van der Waals surface area contributed by atoms with Gasteiger partial charge in [0.25, 0.3) is 0 Å². The molecule has 2 aromatic carbocycles. The zero-order valence-corrected chi connectivity index (χ0v) is 17.9. The summed E-state index contributed by atoms with van der Waals surface area (Å²) in [5, 5.41) is 6.35. The number of methoxy groups -OCH3 is 1. The van der Waals surface area contributed by atoms with Gasteiger partial charge in [-0.05, 0) is 36.2 Å². The monoisotopic (exact) mass is 439 g/mol. The minimum absolute atomic E-state index is 0.164. The summed E-state index contributed by atoms with van der Waals surface area (Å²) in [6.45, 7) is 2.47. The molecule has 0 amide bonds. The number of alkyl halides is 3. The average Bonchev–Trinajstić information content (AvgIpc) is 2.73. The zero-order chi connectivity index (χ0) is 22.7. The standard InChI is InChI=1S/C22H28F3N3O3/c1-16-7-8-18(20(11-16)30-10-9-29-3)14-28-21(26-2)27-13-17-5-4-6-19(12-17)31-15-22(23,24)25/h4-8,11-12H,9-10,13-15H2,1-3H3,(H2,26,27,28). The number of nitrogens with zero attached hydrogens (tertiary/aromatic N) is 1. The summed E-state index contributed by atoms with van der Waals surface area (Å²) in [6, 6.07) is 12.5. The summed E-state index contributed by atoms with van der Waals surface area (Å²) in [5.41, 5.74) is 2.82. The molecular weight excluding hydrogens is 411 g/mol. The maximum Gasteiger partial charge on any atom is 0.422 e.